The van der Waals surface area contributed by atoms with Crippen LogP contribution in [0.3, 0.4) is 0 Å². The highest BCUT2D eigenvalue weighted by Crippen LogP contribution is 2.31. The van der Waals surface area contributed by atoms with Crippen LogP contribution in [0.2, 0.25) is 0 Å². The first-order valence-electron chi connectivity index (χ1n) is 9.76. The van der Waals surface area contributed by atoms with Gasteiger partial charge in [0.2, 0.25) is 5.91 Å². The fraction of sp³-hybridized carbons (Fsp3) is 0.348. The second kappa shape index (κ2) is 7.57. The van der Waals surface area contributed by atoms with Crippen LogP contribution in [-0.2, 0) is 11.8 Å². The van der Waals surface area contributed by atoms with Crippen molar-refractivity contribution < 1.29 is 4.79 Å². The van der Waals surface area contributed by atoms with Gasteiger partial charge in [0.25, 0.3) is 0 Å². The minimum Gasteiger partial charge on any atom is -0.353 e. The van der Waals surface area contributed by atoms with Crippen LogP contribution in [-0.4, -0.2) is 28.5 Å². The summed E-state index contributed by atoms with van der Waals surface area (Å²) < 4.78 is 2.17. The van der Waals surface area contributed by atoms with Crippen molar-refractivity contribution in [3.63, 3.8) is 0 Å². The summed E-state index contributed by atoms with van der Waals surface area (Å²) in [6.07, 6.45) is 4.33. The van der Waals surface area contributed by atoms with E-state index in [9.17, 15) is 4.79 Å². The second-order valence-electron chi connectivity index (χ2n) is 7.53. The van der Waals surface area contributed by atoms with Crippen LogP contribution >= 0.6 is 0 Å². The molecule has 1 aromatic heterocycles. The zero-order valence-electron chi connectivity index (χ0n) is 16.1. The molecule has 2 atom stereocenters. The molecule has 0 bridgehead atoms. The van der Waals surface area contributed by atoms with Crippen LogP contribution in [0.5, 0.6) is 0 Å². The van der Waals surface area contributed by atoms with Crippen LogP contribution in [0, 0.1) is 0 Å². The molecule has 0 unspecified atom stereocenters. The van der Waals surface area contributed by atoms with Crippen molar-refractivity contribution in [1.29, 1.82) is 0 Å². The molecule has 3 aromatic rings. The highest BCUT2D eigenvalue weighted by atomic mass is 16.2. The number of aryl methyl sites for hydroxylation is 1. The molecule has 0 radical (unpaired) electrons. The van der Waals surface area contributed by atoms with Crippen molar-refractivity contribution in [2.75, 3.05) is 13.1 Å². The van der Waals surface area contributed by atoms with Crippen LogP contribution in [0.25, 0.3) is 10.8 Å². The third-order valence-corrected chi connectivity index (χ3v) is 5.70. The van der Waals surface area contributed by atoms with Gasteiger partial charge in [-0.05, 0) is 54.8 Å². The molecular formula is C23H27N3O. The smallest absolute Gasteiger partial charge is 0.234 e. The van der Waals surface area contributed by atoms with E-state index in [1.165, 1.54) is 22.0 Å². The van der Waals surface area contributed by atoms with Gasteiger partial charge < -0.3 is 9.88 Å². The fourth-order valence-electron chi connectivity index (χ4n) is 4.35. The van der Waals surface area contributed by atoms with Gasteiger partial charge in [-0.2, -0.15) is 0 Å². The Morgan fingerprint density at radius 2 is 1.96 bits per heavy atom. The highest BCUT2D eigenvalue weighted by Gasteiger charge is 2.29. The number of rotatable bonds is 5. The first kappa shape index (κ1) is 17.8. The molecule has 4 rings (SSSR count). The van der Waals surface area contributed by atoms with Gasteiger partial charge >= 0.3 is 0 Å². The number of likely N-dealkylation sites (tertiary alicyclic amines) is 1. The number of benzene rings is 2. The molecule has 0 aliphatic carbocycles. The third-order valence-electron chi connectivity index (χ3n) is 5.70. The Morgan fingerprint density at radius 3 is 2.78 bits per heavy atom. The van der Waals surface area contributed by atoms with E-state index in [2.05, 4.69) is 83.5 Å². The van der Waals surface area contributed by atoms with Gasteiger partial charge in [-0.25, -0.2) is 0 Å². The van der Waals surface area contributed by atoms with Crippen molar-refractivity contribution in [3.8, 4) is 0 Å². The van der Waals surface area contributed by atoms with E-state index in [0.717, 1.165) is 19.4 Å². The number of carbonyl (C=O) groups excluding carboxylic acids is 1. The van der Waals surface area contributed by atoms with Crippen LogP contribution < -0.4 is 5.32 Å². The predicted octanol–water partition coefficient (Wildman–Crippen LogP) is 4.19. The topological polar surface area (TPSA) is 37.3 Å². The summed E-state index contributed by atoms with van der Waals surface area (Å²) in [5, 5.41) is 5.62. The van der Waals surface area contributed by atoms with Crippen molar-refractivity contribution in [2.45, 2.75) is 31.8 Å². The number of fused-ring (bicyclic) bond motifs is 1. The zero-order chi connectivity index (χ0) is 18.8. The Labute approximate surface area is 160 Å². The predicted molar refractivity (Wildman–Crippen MR) is 109 cm³/mol. The second-order valence-corrected chi connectivity index (χ2v) is 7.53. The highest BCUT2D eigenvalue weighted by molar-refractivity contribution is 5.87. The van der Waals surface area contributed by atoms with Gasteiger partial charge in [-0.1, -0.05) is 42.5 Å². The number of amides is 1. The first-order chi connectivity index (χ1) is 13.1. The molecule has 1 aliphatic rings. The van der Waals surface area contributed by atoms with E-state index in [0.29, 0.717) is 12.6 Å². The van der Waals surface area contributed by atoms with E-state index in [1.807, 2.05) is 6.07 Å². The molecule has 1 fully saturated rings. The Morgan fingerprint density at radius 1 is 1.15 bits per heavy atom. The SMILES string of the molecule is C[C@@H](NC(=O)CN1CCC[C@@H]1c1cccn1C)c1cccc2ccccc12. The number of hydrogen-bond acceptors (Lipinski definition) is 2. The molecular weight excluding hydrogens is 334 g/mol. The van der Waals surface area contributed by atoms with E-state index in [-0.39, 0.29) is 11.9 Å². The van der Waals surface area contributed by atoms with Crippen LogP contribution in [0.1, 0.15) is 43.1 Å². The molecule has 1 N–H and O–H groups in total. The third kappa shape index (κ3) is 3.62. The average Bonchev–Trinajstić information content (AvgIpc) is 3.29. The molecule has 27 heavy (non-hydrogen) atoms. The largest absolute Gasteiger partial charge is 0.353 e. The Bertz CT molecular complexity index is 940. The lowest BCUT2D eigenvalue weighted by Gasteiger charge is -2.25. The van der Waals surface area contributed by atoms with Gasteiger partial charge in [-0.15, -0.1) is 0 Å². The van der Waals surface area contributed by atoms with Crippen LogP contribution in [0.15, 0.2) is 60.8 Å². The van der Waals surface area contributed by atoms with Gasteiger partial charge in [0, 0.05) is 18.9 Å². The van der Waals surface area contributed by atoms with Crippen LogP contribution in [0.4, 0.5) is 0 Å². The fourth-order valence-corrected chi connectivity index (χ4v) is 4.35. The Kier molecular flexibility index (Phi) is 4.99. The van der Waals surface area contributed by atoms with Crippen molar-refractivity contribution >= 4 is 16.7 Å². The lowest BCUT2D eigenvalue weighted by molar-refractivity contribution is -0.123. The summed E-state index contributed by atoms with van der Waals surface area (Å²) >= 11 is 0. The summed E-state index contributed by atoms with van der Waals surface area (Å²) in [5.74, 6) is 0.0940. The molecule has 0 spiro atoms. The summed E-state index contributed by atoms with van der Waals surface area (Å²) in [5.41, 5.74) is 2.46. The molecule has 1 amide bonds. The van der Waals surface area contributed by atoms with Crippen molar-refractivity contribution in [1.82, 2.24) is 14.8 Å². The van der Waals surface area contributed by atoms with Crippen molar-refractivity contribution in [2.24, 2.45) is 7.05 Å². The number of nitrogens with zero attached hydrogens (tertiary/aromatic N) is 2. The van der Waals surface area contributed by atoms with E-state index in [4.69, 9.17) is 0 Å². The molecule has 4 nitrogen and oxygen atoms in total. The zero-order valence-corrected chi connectivity index (χ0v) is 16.1. The maximum atomic E-state index is 12.8. The Balaban J connectivity index is 1.45. The minimum atomic E-state index is -0.0142. The lowest BCUT2D eigenvalue weighted by Crippen LogP contribution is -2.38. The summed E-state index contributed by atoms with van der Waals surface area (Å²) in [4.78, 5) is 15.1. The molecule has 1 aliphatic heterocycles. The van der Waals surface area contributed by atoms with Gasteiger partial charge in [0.15, 0.2) is 0 Å². The van der Waals surface area contributed by atoms with E-state index in [1.54, 1.807) is 0 Å². The number of carbonyl (C=O) groups is 1. The molecule has 4 heteroatoms. The van der Waals surface area contributed by atoms with Crippen molar-refractivity contribution in [3.05, 3.63) is 72.1 Å². The minimum absolute atomic E-state index is 0.0142. The van der Waals surface area contributed by atoms with Gasteiger partial charge in [0.05, 0.1) is 18.6 Å². The number of aromatic nitrogens is 1. The Hall–Kier alpha value is -2.59. The summed E-state index contributed by atoms with van der Waals surface area (Å²) in [7, 11) is 2.08. The van der Waals surface area contributed by atoms with E-state index < -0.39 is 0 Å². The summed E-state index contributed by atoms with van der Waals surface area (Å²) in [6.45, 7) is 3.50. The monoisotopic (exact) mass is 361 g/mol. The molecule has 0 saturated carbocycles. The standard InChI is InChI=1S/C23H27N3O/c1-17(19-11-5-9-18-8-3-4-10-20(18)19)24-23(27)16-26-15-7-13-22(26)21-12-6-14-25(21)2/h3-6,8-12,14,17,22H,7,13,15-16H2,1-2H3,(H,24,27)/t17-,22-/m1/s1. The summed E-state index contributed by atoms with van der Waals surface area (Å²) in [6, 6.07) is 19.2. The number of hydrogen-bond donors (Lipinski definition) is 1. The normalized spacial score (nSPS) is 18.7. The molecule has 140 valence electrons. The quantitative estimate of drug-likeness (QED) is 0.740. The lowest BCUT2D eigenvalue weighted by atomic mass is 10.00. The maximum Gasteiger partial charge on any atom is 0.234 e. The maximum absolute atomic E-state index is 12.8. The van der Waals surface area contributed by atoms with Gasteiger partial charge in [0.1, 0.15) is 0 Å². The average molecular weight is 361 g/mol. The molecule has 1 saturated heterocycles. The van der Waals surface area contributed by atoms with E-state index >= 15 is 0 Å². The molecule has 2 heterocycles. The van der Waals surface area contributed by atoms with Gasteiger partial charge in [-0.3, -0.25) is 9.69 Å². The first-order valence-corrected chi connectivity index (χ1v) is 9.76. The molecule has 2 aromatic carbocycles. The number of nitrogens with one attached hydrogen (secondary N) is 1.